The zero-order valence-corrected chi connectivity index (χ0v) is 13.4. The summed E-state index contributed by atoms with van der Waals surface area (Å²) in [7, 11) is 1.75. The number of nitrogens with one attached hydrogen (secondary N) is 1. The molecule has 0 amide bonds. The number of carbonyl (C=O) groups excluding carboxylic acids is 1. The Morgan fingerprint density at radius 1 is 1.27 bits per heavy atom. The van der Waals surface area contributed by atoms with Crippen LogP contribution < -0.4 is 5.32 Å². The number of methoxy groups -OCH3 is 1. The Balaban J connectivity index is 2.03. The maximum absolute atomic E-state index is 10.9. The summed E-state index contributed by atoms with van der Waals surface area (Å²) < 4.78 is 10.7. The second-order valence-corrected chi connectivity index (χ2v) is 6.24. The van der Waals surface area contributed by atoms with Gasteiger partial charge in [0.1, 0.15) is 6.10 Å². The highest BCUT2D eigenvalue weighted by Crippen LogP contribution is 2.38. The molecule has 122 valence electrons. The molecule has 1 aromatic carbocycles. The van der Waals surface area contributed by atoms with Crippen molar-refractivity contribution in [3.63, 3.8) is 0 Å². The van der Waals surface area contributed by atoms with E-state index in [4.69, 9.17) is 9.47 Å². The van der Waals surface area contributed by atoms with Gasteiger partial charge < -0.3 is 14.8 Å². The summed E-state index contributed by atoms with van der Waals surface area (Å²) in [4.78, 5) is 10.9. The molecule has 1 aliphatic heterocycles. The van der Waals surface area contributed by atoms with Crippen LogP contribution in [0.15, 0.2) is 30.3 Å². The summed E-state index contributed by atoms with van der Waals surface area (Å²) >= 11 is 0. The Labute approximate surface area is 133 Å². The maximum atomic E-state index is 10.9. The van der Waals surface area contributed by atoms with E-state index in [-0.39, 0.29) is 11.5 Å². The molecule has 0 bridgehead atoms. The van der Waals surface area contributed by atoms with Crippen LogP contribution in [0.4, 0.5) is 0 Å². The van der Waals surface area contributed by atoms with Gasteiger partial charge in [0.2, 0.25) is 0 Å². The summed E-state index contributed by atoms with van der Waals surface area (Å²) in [6.07, 6.45) is 4.88. The van der Waals surface area contributed by atoms with Crippen LogP contribution in [-0.4, -0.2) is 39.4 Å². The van der Waals surface area contributed by atoms with Crippen LogP contribution in [0.5, 0.6) is 0 Å². The van der Waals surface area contributed by atoms with Crippen molar-refractivity contribution in [1.82, 2.24) is 5.32 Å². The Bertz CT molecular complexity index is 429. The van der Waals surface area contributed by atoms with Crippen LogP contribution in [0.1, 0.15) is 31.2 Å². The van der Waals surface area contributed by atoms with Gasteiger partial charge in [-0.25, -0.2) is 0 Å². The van der Waals surface area contributed by atoms with Crippen molar-refractivity contribution in [2.45, 2.75) is 38.2 Å². The molecule has 4 nitrogen and oxygen atoms in total. The highest BCUT2D eigenvalue weighted by Gasteiger charge is 2.34. The fourth-order valence-electron chi connectivity index (χ4n) is 3.44. The molecule has 0 radical (unpaired) electrons. The predicted octanol–water partition coefficient (Wildman–Crippen LogP) is 2.57. The number of ether oxygens (including phenoxy) is 2. The van der Waals surface area contributed by atoms with Crippen molar-refractivity contribution in [1.29, 1.82) is 0 Å². The second kappa shape index (κ2) is 8.91. The molecule has 1 N–H and O–H groups in total. The number of benzene rings is 1. The van der Waals surface area contributed by atoms with Gasteiger partial charge in [0.05, 0.1) is 0 Å². The van der Waals surface area contributed by atoms with E-state index in [2.05, 4.69) is 17.4 Å². The zero-order valence-electron chi connectivity index (χ0n) is 13.4. The molecule has 1 aromatic rings. The zero-order chi connectivity index (χ0) is 15.7. The summed E-state index contributed by atoms with van der Waals surface area (Å²) in [5, 5.41) is 3.42. The first-order chi connectivity index (χ1) is 10.8. The lowest BCUT2D eigenvalue weighted by Gasteiger charge is -2.39. The molecule has 22 heavy (non-hydrogen) atoms. The molecule has 1 saturated heterocycles. The lowest BCUT2D eigenvalue weighted by molar-refractivity contribution is -0.135. The van der Waals surface area contributed by atoms with Gasteiger partial charge in [-0.05, 0) is 49.8 Å². The van der Waals surface area contributed by atoms with E-state index in [9.17, 15) is 4.79 Å². The minimum Gasteiger partial charge on any atom is -0.464 e. The molecular formula is C18H27NO3. The first-order valence-electron chi connectivity index (χ1n) is 8.11. The van der Waals surface area contributed by atoms with Gasteiger partial charge >= 0.3 is 0 Å². The molecule has 2 rings (SSSR count). The SMILES string of the molecule is COCCC1(CC(Cc2ccccc2)OC=O)CCNCC1. The van der Waals surface area contributed by atoms with Gasteiger partial charge in [0.25, 0.3) is 6.47 Å². The van der Waals surface area contributed by atoms with Gasteiger partial charge in [-0.2, -0.15) is 0 Å². The Morgan fingerprint density at radius 3 is 2.64 bits per heavy atom. The van der Waals surface area contributed by atoms with Crippen LogP contribution >= 0.6 is 0 Å². The molecule has 1 aliphatic rings. The van der Waals surface area contributed by atoms with Gasteiger partial charge in [-0.15, -0.1) is 0 Å². The van der Waals surface area contributed by atoms with E-state index >= 15 is 0 Å². The molecule has 0 aromatic heterocycles. The van der Waals surface area contributed by atoms with E-state index in [1.807, 2.05) is 18.2 Å². The van der Waals surface area contributed by atoms with Gasteiger partial charge in [0.15, 0.2) is 0 Å². The van der Waals surface area contributed by atoms with Crippen molar-refractivity contribution in [3.05, 3.63) is 35.9 Å². The monoisotopic (exact) mass is 305 g/mol. The van der Waals surface area contributed by atoms with Crippen LogP contribution in [0.25, 0.3) is 0 Å². The highest BCUT2D eigenvalue weighted by atomic mass is 16.5. The lowest BCUT2D eigenvalue weighted by Crippen LogP contribution is -2.40. The van der Waals surface area contributed by atoms with Crippen LogP contribution in [0, 0.1) is 5.41 Å². The van der Waals surface area contributed by atoms with Crippen molar-refractivity contribution in [2.75, 3.05) is 26.8 Å². The minimum absolute atomic E-state index is 0.0603. The maximum Gasteiger partial charge on any atom is 0.293 e. The first kappa shape index (κ1) is 17.0. The Hall–Kier alpha value is -1.39. The fourth-order valence-corrected chi connectivity index (χ4v) is 3.44. The van der Waals surface area contributed by atoms with E-state index in [0.29, 0.717) is 6.47 Å². The second-order valence-electron chi connectivity index (χ2n) is 6.24. The highest BCUT2D eigenvalue weighted by molar-refractivity contribution is 5.37. The largest absolute Gasteiger partial charge is 0.464 e. The van der Waals surface area contributed by atoms with Gasteiger partial charge in [-0.1, -0.05) is 30.3 Å². The number of carbonyl (C=O) groups is 1. The summed E-state index contributed by atoms with van der Waals surface area (Å²) in [6.45, 7) is 3.42. The molecule has 1 fully saturated rings. The normalized spacial score (nSPS) is 18.6. The number of hydrogen-bond donors (Lipinski definition) is 1. The summed E-state index contributed by atoms with van der Waals surface area (Å²) in [5.74, 6) is 0. The minimum atomic E-state index is -0.0603. The number of piperidine rings is 1. The Kier molecular flexibility index (Phi) is 6.87. The first-order valence-corrected chi connectivity index (χ1v) is 8.11. The van der Waals surface area contributed by atoms with E-state index in [0.717, 1.165) is 51.8 Å². The van der Waals surface area contributed by atoms with E-state index in [1.165, 1.54) is 5.56 Å². The smallest absolute Gasteiger partial charge is 0.293 e. The molecule has 0 spiro atoms. The van der Waals surface area contributed by atoms with E-state index < -0.39 is 0 Å². The van der Waals surface area contributed by atoms with Crippen molar-refractivity contribution < 1.29 is 14.3 Å². The third kappa shape index (κ3) is 5.11. The van der Waals surface area contributed by atoms with Crippen LogP contribution in [-0.2, 0) is 20.7 Å². The van der Waals surface area contributed by atoms with Crippen LogP contribution in [0.2, 0.25) is 0 Å². The predicted molar refractivity (Wildman–Crippen MR) is 86.7 cm³/mol. The molecule has 4 heteroatoms. The molecule has 0 saturated carbocycles. The molecular weight excluding hydrogens is 278 g/mol. The molecule has 1 atom stereocenters. The molecule has 1 unspecified atom stereocenters. The van der Waals surface area contributed by atoms with Crippen LogP contribution in [0.3, 0.4) is 0 Å². The third-order valence-electron chi connectivity index (χ3n) is 4.72. The van der Waals surface area contributed by atoms with Gasteiger partial charge in [-0.3, -0.25) is 4.79 Å². The van der Waals surface area contributed by atoms with Crippen molar-refractivity contribution in [3.8, 4) is 0 Å². The Morgan fingerprint density at radius 2 is 2.00 bits per heavy atom. The summed E-state index contributed by atoms with van der Waals surface area (Å²) in [5.41, 5.74) is 1.43. The quantitative estimate of drug-likeness (QED) is 0.712. The lowest BCUT2D eigenvalue weighted by atomic mass is 9.71. The molecule has 1 heterocycles. The molecule has 0 aliphatic carbocycles. The standard InChI is InChI=1S/C18H27NO3/c1-21-12-9-18(7-10-19-11-8-18)14-17(22-15-20)13-16-5-3-2-4-6-16/h2-6,15,17,19H,7-14H2,1H3. The fraction of sp³-hybridized carbons (Fsp3) is 0.611. The third-order valence-corrected chi connectivity index (χ3v) is 4.72. The number of rotatable bonds is 9. The van der Waals surface area contributed by atoms with E-state index in [1.54, 1.807) is 7.11 Å². The van der Waals surface area contributed by atoms with Crippen molar-refractivity contribution >= 4 is 6.47 Å². The average molecular weight is 305 g/mol. The number of hydrogen-bond acceptors (Lipinski definition) is 4. The average Bonchev–Trinajstić information content (AvgIpc) is 2.55. The van der Waals surface area contributed by atoms with Gasteiger partial charge in [0, 0.05) is 20.1 Å². The topological polar surface area (TPSA) is 47.6 Å². The summed E-state index contributed by atoms with van der Waals surface area (Å²) in [6, 6.07) is 10.2. The van der Waals surface area contributed by atoms with Crippen molar-refractivity contribution in [2.24, 2.45) is 5.41 Å².